The maximum Gasteiger partial charge on any atom is 0.407 e. The maximum atomic E-state index is 13.6. The van der Waals surface area contributed by atoms with Crippen LogP contribution in [0.1, 0.15) is 170 Å². The molecule has 2 bridgehead atoms. The number of amides is 1. The van der Waals surface area contributed by atoms with Gasteiger partial charge in [0.05, 0.1) is 49.1 Å². The lowest BCUT2D eigenvalue weighted by molar-refractivity contribution is -0.280. The molecule has 2 heterocycles. The zero-order valence-electron chi connectivity index (χ0n) is 53.7. The summed E-state index contributed by atoms with van der Waals surface area (Å²) in [4.78, 5) is 53.3. The fraction of sp³-hybridized carbons (Fsp3) is 0.520. The minimum atomic E-state index is -1.58. The maximum absolute atomic E-state index is 13.6. The van der Waals surface area contributed by atoms with Crippen molar-refractivity contribution in [3.8, 4) is 11.1 Å². The molecule has 16 nitrogen and oxygen atoms in total. The number of cyclic esters (lactones) is 1. The Morgan fingerprint density at radius 3 is 1.85 bits per heavy atom. The van der Waals surface area contributed by atoms with Crippen molar-refractivity contribution in [1.82, 2.24) is 5.32 Å². The Morgan fingerprint density at radius 1 is 0.703 bits per heavy atom. The van der Waals surface area contributed by atoms with Gasteiger partial charge >= 0.3 is 18.0 Å². The van der Waals surface area contributed by atoms with Gasteiger partial charge in [0.2, 0.25) is 0 Å². The minimum absolute atomic E-state index is 0.00538. The molecule has 14 atom stereocenters. The van der Waals surface area contributed by atoms with Crippen LogP contribution in [0.2, 0.25) is 0 Å². The van der Waals surface area contributed by atoms with Gasteiger partial charge in [0.15, 0.2) is 12.1 Å². The van der Waals surface area contributed by atoms with E-state index < -0.39 is 84.6 Å². The van der Waals surface area contributed by atoms with Gasteiger partial charge in [-0.05, 0) is 104 Å². The first-order chi connectivity index (χ1) is 43.9. The molecule has 0 spiro atoms. The number of methoxy groups -OCH3 is 1. The second kappa shape index (κ2) is 37.1. The fourth-order valence-corrected chi connectivity index (χ4v) is 13.4. The van der Waals surface area contributed by atoms with Crippen LogP contribution >= 0.6 is 0 Å². The highest BCUT2D eigenvalue weighted by Gasteiger charge is 2.50. The van der Waals surface area contributed by atoms with Gasteiger partial charge in [-0.25, -0.2) is 4.79 Å². The molecule has 4 aliphatic rings. The van der Waals surface area contributed by atoms with Gasteiger partial charge in [0, 0.05) is 42.3 Å². The molecule has 8 N–H and O–H groups in total. The first-order valence-corrected chi connectivity index (χ1v) is 33.2. The number of aliphatic hydroxyl groups excluding tert-OH is 4. The third-order valence-corrected chi connectivity index (χ3v) is 18.4. The molecule has 91 heavy (non-hydrogen) atoms. The normalized spacial score (nSPS) is 31.1. The predicted octanol–water partition coefficient (Wildman–Crippen LogP) is 12.6. The highest BCUT2D eigenvalue weighted by atomic mass is 16.7. The molecular weight excluding hydrogens is 1150 g/mol. The number of anilines is 1. The quantitative estimate of drug-likeness (QED) is 0.0364. The largest absolute Gasteiger partial charge is 0.469 e. The van der Waals surface area contributed by atoms with E-state index in [9.17, 15) is 44.7 Å². The zero-order chi connectivity index (χ0) is 65.1. The zero-order valence-corrected chi connectivity index (χ0v) is 53.7. The molecule has 0 aromatic heterocycles. The van der Waals surface area contributed by atoms with Crippen molar-refractivity contribution in [2.75, 3.05) is 19.5 Å². The van der Waals surface area contributed by atoms with E-state index in [-0.39, 0.29) is 61.8 Å². The number of carbonyl (C=O) groups is 4. The van der Waals surface area contributed by atoms with Crippen LogP contribution < -0.4 is 11.1 Å². The van der Waals surface area contributed by atoms with Crippen LogP contribution in [0.3, 0.4) is 0 Å². The summed E-state index contributed by atoms with van der Waals surface area (Å²) in [6.45, 7) is 5.69. The number of allylic oxidation sites excluding steroid dienone is 12. The second-order valence-electron chi connectivity index (χ2n) is 25.5. The number of nitrogen functional groups attached to an aromatic ring is 1. The number of esters is 2. The van der Waals surface area contributed by atoms with E-state index in [1.165, 1.54) is 7.11 Å². The van der Waals surface area contributed by atoms with Crippen molar-refractivity contribution in [3.63, 3.8) is 0 Å². The number of fused-ring (bicyclic) bond motifs is 5. The Bertz CT molecular complexity index is 2940. The number of nitrogens with one attached hydrogen (secondary N) is 1. The summed E-state index contributed by atoms with van der Waals surface area (Å²) >= 11 is 0. The fourth-order valence-electron chi connectivity index (χ4n) is 13.4. The van der Waals surface area contributed by atoms with Gasteiger partial charge in [-0.15, -0.1) is 0 Å². The van der Waals surface area contributed by atoms with Gasteiger partial charge in [-0.3, -0.25) is 14.4 Å². The molecule has 7 rings (SSSR count). The average Bonchev–Trinajstić information content (AvgIpc) is 1.72. The Balaban J connectivity index is 1.02. The summed E-state index contributed by atoms with van der Waals surface area (Å²) in [7, 11) is 1.28. The summed E-state index contributed by atoms with van der Waals surface area (Å²) < 4.78 is 29.9. The number of benzene rings is 3. The topological polar surface area (TPSA) is 254 Å². The van der Waals surface area contributed by atoms with Crippen LogP contribution in [-0.4, -0.2) is 124 Å². The number of Topliss-reactive ketones (excluding diaryl/α,β-unsaturated/α-hetero) is 1. The molecule has 1 amide bonds. The molecule has 3 aromatic rings. The number of nitrogens with two attached hydrogens (primary N) is 1. The van der Waals surface area contributed by atoms with E-state index in [4.69, 9.17) is 29.4 Å². The first-order valence-electron chi connectivity index (χ1n) is 33.2. The first kappa shape index (κ1) is 71.7. The third-order valence-electron chi connectivity index (χ3n) is 18.4. The summed E-state index contributed by atoms with van der Waals surface area (Å²) in [6.07, 6.45) is 29.5. The second-order valence-corrected chi connectivity index (χ2v) is 25.5. The predicted molar refractivity (Wildman–Crippen MR) is 354 cm³/mol. The molecule has 494 valence electrons. The number of aliphatic hydroxyl groups is 5. The summed E-state index contributed by atoms with van der Waals surface area (Å²) in [5, 5.41) is 60.7. The van der Waals surface area contributed by atoms with Crippen molar-refractivity contribution in [2.24, 2.45) is 23.7 Å². The van der Waals surface area contributed by atoms with Gasteiger partial charge < -0.3 is 60.3 Å². The molecule has 3 aromatic carbocycles. The number of carbonyl (C=O) groups excluding carboxylic acids is 4. The van der Waals surface area contributed by atoms with Crippen molar-refractivity contribution >= 4 is 29.5 Å². The molecule has 2 aliphatic carbocycles. The standard InChI is InChI=1S/C75H100N2O14/c1-51-32-24-20-16-12-8-5-6-9-13-17-21-25-33-58(90-73-70(83)68(69(82)53(3)89-73)77-74(85)88-50-63-61-36-29-27-34-59(61)60-35-28-30-37-62(60)63)46-55-48-75(86,49-65(80)67(55)72(84)87-4)45-31-23-19-15-11-7-10-14-18-22-26-38-66(81)91-71(51)52(2)39-44-57(78)47-64(79)54-40-42-56(76)43-41-54/h5-6,8-9,12-13,16-17,20-21,24-25,27-30,32-37,40-43,51-53,55,57-58,63,65,67-71,73,78,80,82-83,86H,7,10-11,14-15,18-19,22-23,26,31,38-39,44-50,76H2,1-4H3,(H,77,85)/b6-5+,12-8+,13-9+,20-16+,21-17+,32-24+,33-25+/t51?,52?,53-,55?,57?,58?,65?,67?,68+,69-,70+,71?,73+,75?/m1/s1. The molecule has 2 fully saturated rings. The lowest BCUT2D eigenvalue weighted by Gasteiger charge is -2.45. The van der Waals surface area contributed by atoms with Crippen molar-refractivity contribution < 1.29 is 68.4 Å². The molecule has 0 radical (unpaired) electrons. The Kier molecular flexibility index (Phi) is 29.2. The van der Waals surface area contributed by atoms with Crippen LogP contribution in [0.15, 0.2) is 158 Å². The average molecular weight is 1250 g/mol. The van der Waals surface area contributed by atoms with E-state index in [1.807, 2.05) is 129 Å². The number of hydrogen-bond donors (Lipinski definition) is 7. The highest BCUT2D eigenvalue weighted by molar-refractivity contribution is 5.96. The van der Waals surface area contributed by atoms with Gasteiger partial charge in [-0.1, -0.05) is 212 Å². The van der Waals surface area contributed by atoms with Crippen LogP contribution in [0.4, 0.5) is 10.5 Å². The molecule has 16 heteroatoms. The molecule has 1 saturated heterocycles. The molecule has 2 aliphatic heterocycles. The number of rotatable bonds is 13. The van der Waals surface area contributed by atoms with Crippen molar-refractivity contribution in [3.05, 3.63) is 175 Å². The number of alkyl carbamates (subject to hydrolysis) is 1. The summed E-state index contributed by atoms with van der Waals surface area (Å²) in [5.41, 5.74) is 9.80. The third kappa shape index (κ3) is 22.2. The van der Waals surface area contributed by atoms with E-state index in [1.54, 1.807) is 49.4 Å². The summed E-state index contributed by atoms with van der Waals surface area (Å²) in [5.74, 6) is -3.00. The van der Waals surface area contributed by atoms with Crippen LogP contribution in [0.5, 0.6) is 0 Å². The lowest BCUT2D eigenvalue weighted by Crippen LogP contribution is -2.64. The number of ketones is 1. The molecular formula is C75H100N2O14. The van der Waals surface area contributed by atoms with Crippen LogP contribution in [0.25, 0.3) is 11.1 Å². The monoisotopic (exact) mass is 1250 g/mol. The highest BCUT2D eigenvalue weighted by Crippen LogP contribution is 2.46. The van der Waals surface area contributed by atoms with Crippen LogP contribution in [0, 0.1) is 23.7 Å². The smallest absolute Gasteiger partial charge is 0.407 e. The van der Waals surface area contributed by atoms with Gasteiger partial charge in [-0.2, -0.15) is 0 Å². The number of hydrogen-bond acceptors (Lipinski definition) is 15. The number of ether oxygens (including phenoxy) is 5. The van der Waals surface area contributed by atoms with Crippen LogP contribution in [-0.2, 0) is 33.3 Å². The molecule has 9 unspecified atom stereocenters. The van der Waals surface area contributed by atoms with E-state index in [2.05, 4.69) is 5.32 Å². The van der Waals surface area contributed by atoms with Gasteiger partial charge in [0.1, 0.15) is 24.9 Å². The Morgan fingerprint density at radius 2 is 1.25 bits per heavy atom. The van der Waals surface area contributed by atoms with Gasteiger partial charge in [0.25, 0.3) is 0 Å². The minimum Gasteiger partial charge on any atom is -0.469 e. The Labute approximate surface area is 539 Å². The lowest BCUT2D eigenvalue weighted by atomic mass is 9.66. The van der Waals surface area contributed by atoms with E-state index in [0.29, 0.717) is 36.9 Å². The molecule has 1 saturated carbocycles. The summed E-state index contributed by atoms with van der Waals surface area (Å²) in [6, 6.07) is 21.4. The Hall–Kier alpha value is -6.76. The SMILES string of the molecule is COC(=O)C1C(O)CC2(O)CCCCCCCCCCCCCC(=O)OC(C(C)CCC(O)CC(=O)c3ccc(N)cc3)C(C)/C=C/C=C/C=C/C=C/C=C/C=C/C=C/C(O[C@@H]3O[C@H](C)[C@@H](O)[C@H](NC(=O)OCC4c5ccccc5-c5ccccc54)[C@@H]3O)CC1C2. The van der Waals surface area contributed by atoms with E-state index in [0.717, 1.165) is 92.9 Å². The van der Waals surface area contributed by atoms with E-state index >= 15 is 0 Å². The van der Waals surface area contributed by atoms with Crippen molar-refractivity contribution in [1.29, 1.82) is 0 Å². The van der Waals surface area contributed by atoms with Crippen molar-refractivity contribution in [2.45, 2.75) is 209 Å².